The van der Waals surface area contributed by atoms with Crippen LogP contribution in [0.25, 0.3) is 0 Å². The zero-order valence-electron chi connectivity index (χ0n) is 20.1. The summed E-state index contributed by atoms with van der Waals surface area (Å²) in [5, 5.41) is 20.7. The molecule has 0 aromatic heterocycles. The summed E-state index contributed by atoms with van der Waals surface area (Å²) in [4.78, 5) is 2.51. The molecular formula is C26H47NO3. The molecule has 0 bridgehead atoms. The van der Waals surface area contributed by atoms with Crippen molar-refractivity contribution < 1.29 is 14.9 Å². The smallest absolute Gasteiger partial charge is 0.0721 e. The molecule has 2 aliphatic rings. The van der Waals surface area contributed by atoms with Crippen LogP contribution in [0.4, 0.5) is 0 Å². The number of hydrogen-bond acceptors (Lipinski definition) is 4. The van der Waals surface area contributed by atoms with Crippen molar-refractivity contribution in [1.29, 1.82) is 0 Å². The van der Waals surface area contributed by atoms with Crippen LogP contribution < -0.4 is 0 Å². The molecular weight excluding hydrogens is 374 g/mol. The van der Waals surface area contributed by atoms with Gasteiger partial charge in [-0.2, -0.15) is 0 Å². The summed E-state index contributed by atoms with van der Waals surface area (Å²) in [6.45, 7) is 13.8. The van der Waals surface area contributed by atoms with Crippen molar-refractivity contribution in [1.82, 2.24) is 4.90 Å². The van der Waals surface area contributed by atoms with Crippen molar-refractivity contribution in [2.75, 3.05) is 19.8 Å². The number of aliphatic hydroxyl groups is 2. The largest absolute Gasteiger partial charge is 0.392 e. The van der Waals surface area contributed by atoms with Crippen LogP contribution >= 0.6 is 0 Å². The van der Waals surface area contributed by atoms with Gasteiger partial charge in [0.2, 0.25) is 0 Å². The van der Waals surface area contributed by atoms with E-state index in [9.17, 15) is 10.2 Å². The lowest BCUT2D eigenvalue weighted by molar-refractivity contribution is 0.115. The molecule has 30 heavy (non-hydrogen) atoms. The van der Waals surface area contributed by atoms with Crippen LogP contribution in [-0.4, -0.2) is 59.2 Å². The second kappa shape index (κ2) is 13.0. The van der Waals surface area contributed by atoms with E-state index in [2.05, 4.69) is 51.7 Å². The average molecular weight is 422 g/mol. The molecule has 0 amide bonds. The highest BCUT2D eigenvalue weighted by Gasteiger charge is 2.43. The van der Waals surface area contributed by atoms with Gasteiger partial charge in [-0.15, -0.1) is 0 Å². The Kier molecular flexibility index (Phi) is 11.1. The van der Waals surface area contributed by atoms with Gasteiger partial charge < -0.3 is 14.9 Å². The maximum atomic E-state index is 10.5. The van der Waals surface area contributed by atoms with Gasteiger partial charge in [-0.1, -0.05) is 44.4 Å². The highest BCUT2D eigenvalue weighted by atomic mass is 16.5. The molecule has 0 saturated heterocycles. The first kappa shape index (κ1) is 25.6. The maximum absolute atomic E-state index is 10.5. The molecule has 0 heterocycles. The second-order valence-corrected chi connectivity index (χ2v) is 10.0. The molecule has 0 aromatic rings. The summed E-state index contributed by atoms with van der Waals surface area (Å²) >= 11 is 0. The first-order valence-electron chi connectivity index (χ1n) is 12.4. The molecule has 4 nitrogen and oxygen atoms in total. The lowest BCUT2D eigenvalue weighted by Crippen LogP contribution is -2.38. The van der Waals surface area contributed by atoms with Gasteiger partial charge in [-0.3, -0.25) is 4.90 Å². The number of allylic oxidation sites excluding steroid dienone is 1. The Morgan fingerprint density at radius 2 is 1.90 bits per heavy atom. The summed E-state index contributed by atoms with van der Waals surface area (Å²) in [7, 11) is 0. The van der Waals surface area contributed by atoms with E-state index in [1.807, 2.05) is 6.08 Å². The zero-order chi connectivity index (χ0) is 22.1. The summed E-state index contributed by atoms with van der Waals surface area (Å²) in [6.07, 6.45) is 12.9. The van der Waals surface area contributed by atoms with Crippen LogP contribution in [-0.2, 0) is 4.74 Å². The van der Waals surface area contributed by atoms with Crippen LogP contribution in [0, 0.1) is 17.8 Å². The fraction of sp³-hybridized carbons (Fsp3) is 0.846. The topological polar surface area (TPSA) is 52.9 Å². The molecule has 0 radical (unpaired) electrons. The predicted octanol–water partition coefficient (Wildman–Crippen LogP) is 4.95. The van der Waals surface area contributed by atoms with Gasteiger partial charge in [-0.25, -0.2) is 0 Å². The number of aliphatic hydroxyl groups excluding tert-OH is 2. The third kappa shape index (κ3) is 7.78. The van der Waals surface area contributed by atoms with E-state index in [0.717, 1.165) is 51.9 Å². The predicted molar refractivity (Wildman–Crippen MR) is 125 cm³/mol. The normalized spacial score (nSPS) is 27.6. The van der Waals surface area contributed by atoms with Crippen molar-refractivity contribution in [2.45, 2.75) is 104 Å². The summed E-state index contributed by atoms with van der Waals surface area (Å²) in [5.41, 5.74) is 1.39. The number of rotatable bonds is 14. The first-order chi connectivity index (χ1) is 14.3. The van der Waals surface area contributed by atoms with Crippen LogP contribution in [0.15, 0.2) is 23.8 Å². The van der Waals surface area contributed by atoms with E-state index in [-0.39, 0.29) is 18.1 Å². The van der Waals surface area contributed by atoms with Crippen LogP contribution in [0.1, 0.15) is 79.6 Å². The second-order valence-electron chi connectivity index (χ2n) is 10.0. The Morgan fingerprint density at radius 3 is 2.57 bits per heavy atom. The maximum Gasteiger partial charge on any atom is 0.0721 e. The molecule has 1 fully saturated rings. The van der Waals surface area contributed by atoms with Gasteiger partial charge in [-0.05, 0) is 70.8 Å². The standard InChI is InChI=1S/C26H47NO3/c1-6-7-8-10-23(28)11-12-24-25-16-21(15-22(25)17-26(24)29)18-30-14-9-13-27(19(2)3)20(4)5/h11-12,15,19-20,22-26,28-29H,6-10,13-14,16-18H2,1-5H3/t22-,23-,24+,25-,26+/m0/s1. The van der Waals surface area contributed by atoms with Crippen molar-refractivity contribution in [2.24, 2.45) is 17.8 Å². The fourth-order valence-electron chi connectivity index (χ4n) is 5.33. The van der Waals surface area contributed by atoms with Crippen molar-refractivity contribution in [3.63, 3.8) is 0 Å². The lowest BCUT2D eigenvalue weighted by atomic mass is 9.89. The van der Waals surface area contributed by atoms with Gasteiger partial charge in [0.15, 0.2) is 0 Å². The summed E-state index contributed by atoms with van der Waals surface area (Å²) < 4.78 is 5.99. The molecule has 0 spiro atoms. The monoisotopic (exact) mass is 421 g/mol. The van der Waals surface area contributed by atoms with E-state index in [1.54, 1.807) is 0 Å². The van der Waals surface area contributed by atoms with Gasteiger partial charge in [0.25, 0.3) is 0 Å². The number of nitrogens with zero attached hydrogens (tertiary/aromatic N) is 1. The number of unbranched alkanes of at least 4 members (excludes halogenated alkanes) is 2. The molecule has 2 aliphatic carbocycles. The van der Waals surface area contributed by atoms with Crippen LogP contribution in [0.3, 0.4) is 0 Å². The molecule has 2 rings (SSSR count). The lowest BCUT2D eigenvalue weighted by Gasteiger charge is -2.30. The van der Waals surface area contributed by atoms with Crippen LogP contribution in [0.2, 0.25) is 0 Å². The Morgan fingerprint density at radius 1 is 1.17 bits per heavy atom. The zero-order valence-corrected chi connectivity index (χ0v) is 20.1. The molecule has 2 N–H and O–H groups in total. The average Bonchev–Trinajstić information content (AvgIpc) is 3.18. The van der Waals surface area contributed by atoms with E-state index < -0.39 is 0 Å². The van der Waals surface area contributed by atoms with E-state index >= 15 is 0 Å². The minimum absolute atomic E-state index is 0.162. The highest BCUT2D eigenvalue weighted by Crippen LogP contribution is 2.47. The number of ether oxygens (including phenoxy) is 1. The quantitative estimate of drug-likeness (QED) is 0.308. The van der Waals surface area contributed by atoms with Crippen molar-refractivity contribution in [3.05, 3.63) is 23.8 Å². The van der Waals surface area contributed by atoms with E-state index in [4.69, 9.17) is 4.74 Å². The van der Waals surface area contributed by atoms with Crippen LogP contribution in [0.5, 0.6) is 0 Å². The Balaban J connectivity index is 1.72. The third-order valence-electron chi connectivity index (χ3n) is 6.93. The van der Waals surface area contributed by atoms with Crippen molar-refractivity contribution >= 4 is 0 Å². The highest BCUT2D eigenvalue weighted by molar-refractivity contribution is 5.21. The minimum atomic E-state index is -0.379. The molecule has 0 unspecified atom stereocenters. The van der Waals surface area contributed by atoms with E-state index in [0.29, 0.717) is 23.9 Å². The molecule has 5 atom stereocenters. The fourth-order valence-corrected chi connectivity index (χ4v) is 5.33. The van der Waals surface area contributed by atoms with Crippen molar-refractivity contribution in [3.8, 4) is 0 Å². The Hall–Kier alpha value is -0.680. The first-order valence-corrected chi connectivity index (χ1v) is 12.4. The summed E-state index contributed by atoms with van der Waals surface area (Å²) in [5.74, 6) is 1.09. The third-order valence-corrected chi connectivity index (χ3v) is 6.93. The van der Waals surface area contributed by atoms with Gasteiger partial charge in [0, 0.05) is 31.2 Å². The van der Waals surface area contributed by atoms with Gasteiger partial charge in [0.05, 0.1) is 18.8 Å². The number of hydrogen-bond donors (Lipinski definition) is 2. The molecule has 1 saturated carbocycles. The summed E-state index contributed by atoms with van der Waals surface area (Å²) in [6, 6.07) is 1.15. The van der Waals surface area contributed by atoms with E-state index in [1.165, 1.54) is 18.4 Å². The molecule has 0 aliphatic heterocycles. The Labute approximate surface area is 185 Å². The molecule has 174 valence electrons. The SMILES string of the molecule is CCCCC[C@H](O)C=C[C@@H]1[C@H]2CC(COCCCN(C(C)C)C(C)C)=C[C@H]2C[C@H]1O. The molecule has 4 heteroatoms. The molecule has 0 aromatic carbocycles. The minimum Gasteiger partial charge on any atom is -0.392 e. The van der Waals surface area contributed by atoms with Gasteiger partial charge in [0.1, 0.15) is 0 Å². The Bertz CT molecular complexity index is 534. The number of fused-ring (bicyclic) bond motifs is 1. The van der Waals surface area contributed by atoms with Gasteiger partial charge >= 0.3 is 0 Å².